The topological polar surface area (TPSA) is 6.48 Å². The molecule has 0 N–H and O–H groups in total. The highest BCUT2D eigenvalue weighted by atomic mass is 32.1. The molecule has 0 atom stereocenters. The van der Waals surface area contributed by atoms with Gasteiger partial charge >= 0.3 is 0 Å². The Morgan fingerprint density at radius 3 is 1.55 bits per heavy atom. The van der Waals surface area contributed by atoms with Crippen molar-refractivity contribution < 1.29 is 0 Å². The predicted molar refractivity (Wildman–Crippen MR) is 336 cm³/mol. The number of benzene rings is 11. The highest BCUT2D eigenvalue weighted by Gasteiger charge is 2.46. The lowest BCUT2D eigenvalue weighted by molar-refractivity contribution is 0.590. The van der Waals surface area contributed by atoms with Crippen molar-refractivity contribution in [1.29, 1.82) is 0 Å². The maximum atomic E-state index is 2.65. The third kappa shape index (κ3) is 7.59. The highest BCUT2D eigenvalue weighted by Crippen LogP contribution is 2.52. The minimum atomic E-state index is -0.0923. The summed E-state index contributed by atoms with van der Waals surface area (Å²) < 4.78 is 2.69. The Morgan fingerprint density at radius 1 is 0.390 bits per heavy atom. The van der Waals surface area contributed by atoms with Crippen LogP contribution in [0.15, 0.2) is 218 Å². The first kappa shape index (κ1) is 47.3. The number of fused-ring (bicyclic) bond motifs is 12. The smallest absolute Gasteiger partial charge is 0.264 e. The van der Waals surface area contributed by atoms with Gasteiger partial charge in [-0.25, -0.2) is 0 Å². The fourth-order valence-corrected chi connectivity index (χ4v) is 14.0. The van der Waals surface area contributed by atoms with E-state index >= 15 is 0 Å². The van der Waals surface area contributed by atoms with E-state index in [0.29, 0.717) is 5.92 Å². The van der Waals surface area contributed by atoms with Gasteiger partial charge in [-0.15, -0.1) is 11.3 Å². The van der Waals surface area contributed by atoms with Gasteiger partial charge in [-0.05, 0) is 165 Å². The molecule has 372 valence electrons. The summed E-state index contributed by atoms with van der Waals surface area (Å²) in [6.07, 6.45) is 0. The summed E-state index contributed by atoms with van der Waals surface area (Å²) in [5.41, 5.74) is 21.0. The molecule has 2 aliphatic heterocycles. The molecule has 2 nitrogen and oxygen atoms in total. The van der Waals surface area contributed by atoms with E-state index in [1.807, 2.05) is 11.3 Å². The van der Waals surface area contributed by atoms with Crippen LogP contribution in [0.3, 0.4) is 0 Å². The first-order chi connectivity index (χ1) is 37.3. The summed E-state index contributed by atoms with van der Waals surface area (Å²) >= 11 is 1.97. The van der Waals surface area contributed by atoms with E-state index in [1.165, 1.54) is 137 Å². The molecule has 11 aromatic carbocycles. The van der Waals surface area contributed by atoms with E-state index < -0.39 is 0 Å². The van der Waals surface area contributed by atoms with Crippen molar-refractivity contribution in [3.8, 4) is 33.4 Å². The Hall–Kier alpha value is -8.18. The standard InChI is InChI=1S/C73H61BN2S/c1-45(2)46-30-35-52(36-31-46)75-65-28-19-29-66-69(65)74(71-70(75)62-42-51(73(6,7)8)34-39-68(62)77-71)63-43-58(47-20-11-9-12-21-47)59(48-22-13-10-14-23-48)44-67(63)76(66)64-38-33-50(72(3,4)5)41-60(64)49-32-37-57-55-26-16-15-24-53(55)54-25-17-18-27-56(54)61(57)40-49/h9-45H,1-8H3. The van der Waals surface area contributed by atoms with Crippen LogP contribution in [0.5, 0.6) is 0 Å². The first-order valence-electron chi connectivity index (χ1n) is 27.5. The monoisotopic (exact) mass is 1010 g/mol. The van der Waals surface area contributed by atoms with Crippen LogP contribution in [0.25, 0.3) is 75.8 Å². The summed E-state index contributed by atoms with van der Waals surface area (Å²) in [6, 6.07) is 83.4. The second-order valence-electron chi connectivity index (χ2n) is 23.9. The molecule has 0 saturated heterocycles. The largest absolute Gasteiger partial charge is 0.311 e. The zero-order chi connectivity index (χ0) is 52.5. The summed E-state index contributed by atoms with van der Waals surface area (Å²) in [7, 11) is 0. The van der Waals surface area contributed by atoms with Crippen LogP contribution in [0.1, 0.15) is 78.0 Å². The van der Waals surface area contributed by atoms with Gasteiger partial charge in [0.1, 0.15) is 0 Å². The third-order valence-electron chi connectivity index (χ3n) is 16.7. The summed E-state index contributed by atoms with van der Waals surface area (Å²) in [6.45, 7) is 18.6. The van der Waals surface area contributed by atoms with Crippen LogP contribution < -0.4 is 25.5 Å². The van der Waals surface area contributed by atoms with Gasteiger partial charge in [-0.1, -0.05) is 213 Å². The molecule has 0 saturated carbocycles. The Balaban J connectivity index is 1.11. The second-order valence-corrected chi connectivity index (χ2v) is 24.9. The van der Waals surface area contributed by atoms with Crippen molar-refractivity contribution >= 4 is 110 Å². The molecule has 14 rings (SSSR count). The van der Waals surface area contributed by atoms with Crippen molar-refractivity contribution in [3.63, 3.8) is 0 Å². The van der Waals surface area contributed by atoms with Gasteiger partial charge in [0.2, 0.25) is 0 Å². The molecular formula is C73H61BN2S. The average molecular weight is 1010 g/mol. The molecule has 77 heavy (non-hydrogen) atoms. The molecule has 0 aliphatic carbocycles. The molecule has 2 aliphatic rings. The third-order valence-corrected chi connectivity index (χ3v) is 18.0. The lowest BCUT2D eigenvalue weighted by Crippen LogP contribution is -2.60. The Morgan fingerprint density at radius 2 is 0.935 bits per heavy atom. The van der Waals surface area contributed by atoms with E-state index in [1.54, 1.807) is 0 Å². The van der Waals surface area contributed by atoms with Crippen LogP contribution in [0.2, 0.25) is 0 Å². The zero-order valence-corrected chi connectivity index (χ0v) is 46.1. The maximum Gasteiger partial charge on any atom is 0.264 e. The molecule has 0 unspecified atom stereocenters. The number of hydrogen-bond donors (Lipinski definition) is 0. The minimum absolute atomic E-state index is 0.0188. The second kappa shape index (κ2) is 17.7. The van der Waals surface area contributed by atoms with Crippen molar-refractivity contribution in [2.45, 2.75) is 72.1 Å². The number of hydrogen-bond acceptors (Lipinski definition) is 3. The van der Waals surface area contributed by atoms with Crippen molar-refractivity contribution in [3.05, 3.63) is 235 Å². The molecule has 0 bridgehead atoms. The van der Waals surface area contributed by atoms with Crippen LogP contribution in [0, 0.1) is 0 Å². The number of nitrogens with zero attached hydrogens (tertiary/aromatic N) is 2. The molecule has 0 radical (unpaired) electrons. The lowest BCUT2D eigenvalue weighted by Gasteiger charge is -2.44. The van der Waals surface area contributed by atoms with Gasteiger partial charge in [-0.3, -0.25) is 0 Å². The molecule has 4 heteroatoms. The first-order valence-corrected chi connectivity index (χ1v) is 28.3. The van der Waals surface area contributed by atoms with Gasteiger partial charge < -0.3 is 9.80 Å². The number of anilines is 6. The van der Waals surface area contributed by atoms with Gasteiger partial charge in [0, 0.05) is 43.2 Å². The van der Waals surface area contributed by atoms with Crippen LogP contribution in [0.4, 0.5) is 34.1 Å². The summed E-state index contributed by atoms with van der Waals surface area (Å²) in [4.78, 5) is 5.26. The van der Waals surface area contributed by atoms with Crippen molar-refractivity contribution in [1.82, 2.24) is 0 Å². The molecule has 12 aromatic rings. The van der Waals surface area contributed by atoms with Gasteiger partial charge in [0.15, 0.2) is 0 Å². The molecular weight excluding hydrogens is 948 g/mol. The fraction of sp³-hybridized carbons (Fsp3) is 0.151. The Kier molecular flexibility index (Phi) is 10.9. The average Bonchev–Trinajstić information content (AvgIpc) is 3.96. The maximum absolute atomic E-state index is 2.65. The van der Waals surface area contributed by atoms with Crippen LogP contribution >= 0.6 is 11.3 Å². The predicted octanol–water partition coefficient (Wildman–Crippen LogP) is 19.2. The van der Waals surface area contributed by atoms with E-state index in [2.05, 4.69) is 284 Å². The lowest BCUT2D eigenvalue weighted by atomic mass is 9.36. The number of rotatable bonds is 6. The van der Waals surface area contributed by atoms with E-state index in [4.69, 9.17) is 0 Å². The highest BCUT2D eigenvalue weighted by molar-refractivity contribution is 7.33. The normalized spacial score (nSPS) is 13.2. The van der Waals surface area contributed by atoms with Crippen LogP contribution in [-0.2, 0) is 10.8 Å². The summed E-state index contributed by atoms with van der Waals surface area (Å²) in [5, 5.41) is 8.98. The van der Waals surface area contributed by atoms with Crippen molar-refractivity contribution in [2.24, 2.45) is 0 Å². The number of thiophene rings is 1. The molecule has 3 heterocycles. The molecule has 0 fully saturated rings. The van der Waals surface area contributed by atoms with E-state index in [0.717, 1.165) is 5.69 Å². The Labute approximate surface area is 458 Å². The minimum Gasteiger partial charge on any atom is -0.311 e. The van der Waals surface area contributed by atoms with Gasteiger partial charge in [-0.2, -0.15) is 0 Å². The van der Waals surface area contributed by atoms with Crippen molar-refractivity contribution in [2.75, 3.05) is 9.80 Å². The fourth-order valence-electron chi connectivity index (χ4n) is 12.7. The molecule has 0 spiro atoms. The van der Waals surface area contributed by atoms with Crippen LogP contribution in [-0.4, -0.2) is 6.71 Å². The molecule has 1 aromatic heterocycles. The summed E-state index contributed by atoms with van der Waals surface area (Å²) in [5.74, 6) is 0.426. The van der Waals surface area contributed by atoms with E-state index in [-0.39, 0.29) is 17.5 Å². The quantitative estimate of drug-likeness (QED) is 0.121. The Bertz CT molecular complexity index is 4290. The SMILES string of the molecule is CC(C)c1ccc(N2c3cccc4c3B(c3cc(-c5ccccc5)c(-c5ccccc5)cc3N4c3ccc(C(C)(C)C)cc3-c3ccc4c5ccccc5c5ccccc5c4c3)c3sc4ccc(C(C)(C)C)cc4c32)cc1. The van der Waals surface area contributed by atoms with Gasteiger partial charge in [0.25, 0.3) is 6.71 Å². The van der Waals surface area contributed by atoms with Gasteiger partial charge in [0.05, 0.1) is 11.4 Å². The zero-order valence-electron chi connectivity index (χ0n) is 45.2. The van der Waals surface area contributed by atoms with E-state index in [9.17, 15) is 0 Å². The molecule has 0 amide bonds.